The molecule has 0 aliphatic heterocycles. The Hall–Kier alpha value is -2.29. The Labute approximate surface area is 126 Å². The molecular weight excluding hydrogens is 260 g/mol. The highest BCUT2D eigenvalue weighted by molar-refractivity contribution is 5.89. The van der Waals surface area contributed by atoms with E-state index in [1.54, 1.807) is 0 Å². The minimum Gasteiger partial charge on any atom is -0.372 e. The van der Waals surface area contributed by atoms with E-state index in [1.807, 2.05) is 24.3 Å². The van der Waals surface area contributed by atoms with Crippen molar-refractivity contribution in [1.29, 1.82) is 0 Å². The zero-order valence-electron chi connectivity index (χ0n) is 12.9. The first-order valence-electron chi connectivity index (χ1n) is 7.37. The molecule has 0 aliphatic rings. The van der Waals surface area contributed by atoms with E-state index in [2.05, 4.69) is 48.3 Å². The Morgan fingerprint density at radius 3 is 1.81 bits per heavy atom. The fourth-order valence-electron chi connectivity index (χ4n) is 2.40. The summed E-state index contributed by atoms with van der Waals surface area (Å²) in [5.74, 6) is -0.0497. The second-order valence-corrected chi connectivity index (χ2v) is 4.98. The standard InChI is InChI=1S/C18H22N2O/c1-4-20(5-2)18-12-8-16(9-13-18)15-6-10-17(11-7-15)19-14(3)21/h6-13H,4-5H2,1-3H3,(H,19,21). The molecule has 0 fully saturated rings. The summed E-state index contributed by atoms with van der Waals surface area (Å²) in [6.45, 7) is 7.87. The van der Waals surface area contributed by atoms with Crippen molar-refractivity contribution in [2.75, 3.05) is 23.3 Å². The number of carbonyl (C=O) groups excluding carboxylic acids is 1. The van der Waals surface area contributed by atoms with Gasteiger partial charge in [-0.1, -0.05) is 24.3 Å². The molecule has 110 valence electrons. The maximum atomic E-state index is 11.0. The number of hydrogen-bond acceptors (Lipinski definition) is 2. The molecule has 0 bridgehead atoms. The van der Waals surface area contributed by atoms with Crippen LogP contribution in [0.4, 0.5) is 11.4 Å². The average molecular weight is 282 g/mol. The van der Waals surface area contributed by atoms with E-state index in [4.69, 9.17) is 0 Å². The molecule has 0 aliphatic carbocycles. The van der Waals surface area contributed by atoms with E-state index in [1.165, 1.54) is 18.2 Å². The van der Waals surface area contributed by atoms with Gasteiger partial charge in [-0.05, 0) is 49.2 Å². The lowest BCUT2D eigenvalue weighted by molar-refractivity contribution is -0.114. The van der Waals surface area contributed by atoms with Crippen LogP contribution in [-0.2, 0) is 4.79 Å². The van der Waals surface area contributed by atoms with Crippen LogP contribution in [-0.4, -0.2) is 19.0 Å². The van der Waals surface area contributed by atoms with Gasteiger partial charge in [0.2, 0.25) is 5.91 Å². The van der Waals surface area contributed by atoms with E-state index < -0.39 is 0 Å². The number of hydrogen-bond donors (Lipinski definition) is 1. The number of benzene rings is 2. The number of carbonyl (C=O) groups is 1. The van der Waals surface area contributed by atoms with Gasteiger partial charge in [0.1, 0.15) is 0 Å². The van der Waals surface area contributed by atoms with Crippen molar-refractivity contribution in [2.24, 2.45) is 0 Å². The normalized spacial score (nSPS) is 10.2. The van der Waals surface area contributed by atoms with E-state index in [-0.39, 0.29) is 5.91 Å². The third kappa shape index (κ3) is 3.85. The van der Waals surface area contributed by atoms with Crippen LogP contribution >= 0.6 is 0 Å². The van der Waals surface area contributed by atoms with Crippen LogP contribution in [0.5, 0.6) is 0 Å². The third-order valence-electron chi connectivity index (χ3n) is 3.53. The Kier molecular flexibility index (Phi) is 4.99. The topological polar surface area (TPSA) is 32.3 Å². The molecule has 0 unspecified atom stereocenters. The summed E-state index contributed by atoms with van der Waals surface area (Å²) >= 11 is 0. The molecule has 3 heteroatoms. The monoisotopic (exact) mass is 282 g/mol. The van der Waals surface area contributed by atoms with Gasteiger partial charge in [0.05, 0.1) is 0 Å². The van der Waals surface area contributed by atoms with Gasteiger partial charge in [-0.15, -0.1) is 0 Å². The van der Waals surface area contributed by atoms with Gasteiger partial charge in [0.25, 0.3) is 0 Å². The second-order valence-electron chi connectivity index (χ2n) is 4.98. The summed E-state index contributed by atoms with van der Waals surface area (Å²) < 4.78 is 0. The first kappa shape index (κ1) is 15.1. The Balaban J connectivity index is 2.16. The molecule has 0 saturated carbocycles. The van der Waals surface area contributed by atoms with Crippen LogP contribution in [0.2, 0.25) is 0 Å². The zero-order valence-corrected chi connectivity index (χ0v) is 12.9. The average Bonchev–Trinajstić information content (AvgIpc) is 2.49. The van der Waals surface area contributed by atoms with Crippen molar-refractivity contribution in [3.05, 3.63) is 48.5 Å². The molecular formula is C18H22N2O. The predicted octanol–water partition coefficient (Wildman–Crippen LogP) is 4.16. The summed E-state index contributed by atoms with van der Waals surface area (Å²) in [6.07, 6.45) is 0. The Morgan fingerprint density at radius 2 is 1.38 bits per heavy atom. The zero-order chi connectivity index (χ0) is 15.2. The molecule has 0 spiro atoms. The molecule has 0 heterocycles. The van der Waals surface area contributed by atoms with Gasteiger partial charge in [0.15, 0.2) is 0 Å². The van der Waals surface area contributed by atoms with Crippen LogP contribution < -0.4 is 10.2 Å². The van der Waals surface area contributed by atoms with Crippen molar-refractivity contribution < 1.29 is 4.79 Å². The van der Waals surface area contributed by atoms with Gasteiger partial charge in [-0.25, -0.2) is 0 Å². The molecule has 0 atom stereocenters. The fourth-order valence-corrected chi connectivity index (χ4v) is 2.40. The SMILES string of the molecule is CCN(CC)c1ccc(-c2ccc(NC(C)=O)cc2)cc1. The first-order chi connectivity index (χ1) is 10.1. The lowest BCUT2D eigenvalue weighted by Gasteiger charge is -2.21. The molecule has 0 aromatic heterocycles. The van der Waals surface area contributed by atoms with E-state index in [9.17, 15) is 4.79 Å². The van der Waals surface area contributed by atoms with Crippen molar-refractivity contribution in [1.82, 2.24) is 0 Å². The Morgan fingerprint density at radius 1 is 0.905 bits per heavy atom. The van der Waals surface area contributed by atoms with Crippen LogP contribution in [0.25, 0.3) is 11.1 Å². The molecule has 2 aromatic rings. The van der Waals surface area contributed by atoms with Crippen LogP contribution in [0.3, 0.4) is 0 Å². The lowest BCUT2D eigenvalue weighted by Crippen LogP contribution is -2.21. The van der Waals surface area contributed by atoms with E-state index in [0.29, 0.717) is 0 Å². The van der Waals surface area contributed by atoms with Crippen molar-refractivity contribution in [3.8, 4) is 11.1 Å². The molecule has 2 rings (SSSR count). The summed E-state index contributed by atoms with van der Waals surface area (Å²) in [4.78, 5) is 13.3. The van der Waals surface area contributed by atoms with Crippen LogP contribution in [0.1, 0.15) is 20.8 Å². The quantitative estimate of drug-likeness (QED) is 0.893. The van der Waals surface area contributed by atoms with Gasteiger partial charge < -0.3 is 10.2 Å². The Bertz CT molecular complexity index is 584. The van der Waals surface area contributed by atoms with Crippen molar-refractivity contribution in [3.63, 3.8) is 0 Å². The third-order valence-corrected chi connectivity index (χ3v) is 3.53. The smallest absolute Gasteiger partial charge is 0.221 e. The highest BCUT2D eigenvalue weighted by Gasteiger charge is 2.03. The summed E-state index contributed by atoms with van der Waals surface area (Å²) in [5.41, 5.74) is 4.40. The minimum absolute atomic E-state index is 0.0497. The predicted molar refractivity (Wildman–Crippen MR) is 89.7 cm³/mol. The summed E-state index contributed by atoms with van der Waals surface area (Å²) in [7, 11) is 0. The molecule has 1 N–H and O–H groups in total. The van der Waals surface area contributed by atoms with Crippen LogP contribution in [0.15, 0.2) is 48.5 Å². The molecule has 3 nitrogen and oxygen atoms in total. The lowest BCUT2D eigenvalue weighted by atomic mass is 10.0. The van der Waals surface area contributed by atoms with Crippen molar-refractivity contribution in [2.45, 2.75) is 20.8 Å². The van der Waals surface area contributed by atoms with Gasteiger partial charge in [0, 0.05) is 31.4 Å². The first-order valence-corrected chi connectivity index (χ1v) is 7.37. The summed E-state index contributed by atoms with van der Waals surface area (Å²) in [6, 6.07) is 16.5. The molecule has 0 radical (unpaired) electrons. The second kappa shape index (κ2) is 6.93. The number of nitrogens with zero attached hydrogens (tertiary/aromatic N) is 1. The number of rotatable bonds is 5. The minimum atomic E-state index is -0.0497. The number of anilines is 2. The van der Waals surface area contributed by atoms with Gasteiger partial charge in [-0.3, -0.25) is 4.79 Å². The largest absolute Gasteiger partial charge is 0.372 e. The van der Waals surface area contributed by atoms with Crippen LogP contribution in [0, 0.1) is 0 Å². The number of amides is 1. The molecule has 0 saturated heterocycles. The van der Waals surface area contributed by atoms with Crippen molar-refractivity contribution >= 4 is 17.3 Å². The maximum Gasteiger partial charge on any atom is 0.221 e. The molecule has 21 heavy (non-hydrogen) atoms. The molecule has 2 aromatic carbocycles. The fraction of sp³-hybridized carbons (Fsp3) is 0.278. The molecule has 1 amide bonds. The van der Waals surface area contributed by atoms with E-state index >= 15 is 0 Å². The maximum absolute atomic E-state index is 11.0. The van der Waals surface area contributed by atoms with Gasteiger partial charge in [-0.2, -0.15) is 0 Å². The highest BCUT2D eigenvalue weighted by atomic mass is 16.1. The number of nitrogens with one attached hydrogen (secondary N) is 1. The van der Waals surface area contributed by atoms with Gasteiger partial charge >= 0.3 is 0 Å². The van der Waals surface area contributed by atoms with E-state index in [0.717, 1.165) is 24.3 Å². The highest BCUT2D eigenvalue weighted by Crippen LogP contribution is 2.24. The summed E-state index contributed by atoms with van der Waals surface area (Å²) in [5, 5.41) is 2.78.